The molecule has 0 aromatic carbocycles. The molecule has 0 aliphatic carbocycles. The van der Waals surface area contributed by atoms with E-state index < -0.39 is 11.5 Å². The van der Waals surface area contributed by atoms with Gasteiger partial charge in [-0.1, -0.05) is 6.92 Å². The van der Waals surface area contributed by atoms with Crippen LogP contribution in [0.5, 0.6) is 0 Å². The van der Waals surface area contributed by atoms with E-state index in [-0.39, 0.29) is 6.61 Å². The van der Waals surface area contributed by atoms with Gasteiger partial charge >= 0.3 is 5.97 Å². The fraction of sp³-hybridized carbons (Fsp3) is 0.857. The number of nitrogens with two attached hydrogens (primary N) is 1. The molecule has 0 aliphatic heterocycles. The van der Waals surface area contributed by atoms with E-state index in [1.165, 1.54) is 14.2 Å². The largest absolute Gasteiger partial charge is 0.468 e. The van der Waals surface area contributed by atoms with E-state index in [1.54, 1.807) is 0 Å². The van der Waals surface area contributed by atoms with Gasteiger partial charge in [0.2, 0.25) is 0 Å². The smallest absolute Gasteiger partial charge is 0.328 e. The third-order valence-electron chi connectivity index (χ3n) is 1.62. The maximum absolute atomic E-state index is 11.0. The van der Waals surface area contributed by atoms with Gasteiger partial charge in [0, 0.05) is 7.11 Å². The molecule has 11 heavy (non-hydrogen) atoms. The first-order chi connectivity index (χ1) is 5.10. The molecule has 0 unspecified atom stereocenters. The molecule has 0 spiro atoms. The van der Waals surface area contributed by atoms with Gasteiger partial charge in [0.1, 0.15) is 5.54 Å². The van der Waals surface area contributed by atoms with Crippen LogP contribution in [-0.4, -0.2) is 32.3 Å². The summed E-state index contributed by atoms with van der Waals surface area (Å²) in [6, 6.07) is 0. The Labute approximate surface area is 66.7 Å². The lowest BCUT2D eigenvalue weighted by Gasteiger charge is -2.23. The highest BCUT2D eigenvalue weighted by Crippen LogP contribution is 2.08. The number of methoxy groups -OCH3 is 2. The summed E-state index contributed by atoms with van der Waals surface area (Å²) in [5, 5.41) is 0. The van der Waals surface area contributed by atoms with Crippen LogP contribution in [0.25, 0.3) is 0 Å². The van der Waals surface area contributed by atoms with E-state index in [9.17, 15) is 4.79 Å². The average Bonchev–Trinajstić information content (AvgIpc) is 2.03. The highest BCUT2D eigenvalue weighted by molar-refractivity contribution is 5.80. The molecular weight excluding hydrogens is 146 g/mol. The van der Waals surface area contributed by atoms with Gasteiger partial charge in [-0.15, -0.1) is 0 Å². The normalized spacial score (nSPS) is 15.6. The first-order valence-corrected chi connectivity index (χ1v) is 3.47. The molecule has 1 atom stereocenters. The van der Waals surface area contributed by atoms with Crippen molar-refractivity contribution < 1.29 is 14.3 Å². The van der Waals surface area contributed by atoms with Gasteiger partial charge in [-0.05, 0) is 6.42 Å². The first kappa shape index (κ1) is 10.4. The van der Waals surface area contributed by atoms with Crippen LogP contribution in [-0.2, 0) is 14.3 Å². The van der Waals surface area contributed by atoms with Crippen LogP contribution in [0, 0.1) is 0 Å². The van der Waals surface area contributed by atoms with E-state index in [0.29, 0.717) is 6.42 Å². The molecular formula is C7H15NO3. The molecule has 4 heteroatoms. The summed E-state index contributed by atoms with van der Waals surface area (Å²) >= 11 is 0. The minimum Gasteiger partial charge on any atom is -0.468 e. The lowest BCUT2D eigenvalue weighted by molar-refractivity contribution is -0.149. The van der Waals surface area contributed by atoms with Crippen LogP contribution in [0.3, 0.4) is 0 Å². The van der Waals surface area contributed by atoms with Crippen LogP contribution < -0.4 is 5.73 Å². The zero-order valence-corrected chi connectivity index (χ0v) is 7.22. The van der Waals surface area contributed by atoms with Crippen molar-refractivity contribution in [2.24, 2.45) is 5.73 Å². The number of rotatable bonds is 4. The fourth-order valence-electron chi connectivity index (χ4n) is 0.766. The second kappa shape index (κ2) is 4.31. The third kappa shape index (κ3) is 2.48. The fourth-order valence-corrected chi connectivity index (χ4v) is 0.766. The number of hydrogen-bond donors (Lipinski definition) is 1. The van der Waals surface area contributed by atoms with E-state index in [2.05, 4.69) is 4.74 Å². The highest BCUT2D eigenvalue weighted by Gasteiger charge is 2.32. The van der Waals surface area contributed by atoms with Crippen molar-refractivity contribution in [2.45, 2.75) is 18.9 Å². The van der Waals surface area contributed by atoms with Gasteiger partial charge in [-0.3, -0.25) is 0 Å². The van der Waals surface area contributed by atoms with E-state index in [1.807, 2.05) is 6.92 Å². The Morgan fingerprint density at radius 1 is 1.55 bits per heavy atom. The van der Waals surface area contributed by atoms with E-state index in [4.69, 9.17) is 10.5 Å². The van der Waals surface area contributed by atoms with Crippen molar-refractivity contribution in [1.82, 2.24) is 0 Å². The maximum Gasteiger partial charge on any atom is 0.328 e. The lowest BCUT2D eigenvalue weighted by Crippen LogP contribution is -2.51. The Hall–Kier alpha value is -0.610. The Bertz CT molecular complexity index is 138. The van der Waals surface area contributed by atoms with Gasteiger partial charge in [0.25, 0.3) is 0 Å². The monoisotopic (exact) mass is 161 g/mol. The minimum atomic E-state index is -0.983. The van der Waals surface area contributed by atoms with Crippen LogP contribution in [0.2, 0.25) is 0 Å². The van der Waals surface area contributed by atoms with Crippen molar-refractivity contribution in [3.8, 4) is 0 Å². The van der Waals surface area contributed by atoms with Gasteiger partial charge in [-0.2, -0.15) is 0 Å². The molecule has 0 aliphatic rings. The number of carbonyl (C=O) groups is 1. The summed E-state index contributed by atoms with van der Waals surface area (Å²) in [7, 11) is 2.81. The van der Waals surface area contributed by atoms with E-state index in [0.717, 1.165) is 0 Å². The van der Waals surface area contributed by atoms with Gasteiger partial charge in [0.15, 0.2) is 0 Å². The van der Waals surface area contributed by atoms with Gasteiger partial charge in [0.05, 0.1) is 13.7 Å². The molecule has 0 fully saturated rings. The zero-order chi connectivity index (χ0) is 8.91. The molecule has 0 bridgehead atoms. The molecule has 0 heterocycles. The SMILES string of the molecule is CC[C@](N)(COC)C(=O)OC. The molecule has 4 nitrogen and oxygen atoms in total. The predicted octanol–water partition coefficient (Wildman–Crippen LogP) is -0.0867. The molecule has 0 rings (SSSR count). The van der Waals surface area contributed by atoms with E-state index >= 15 is 0 Å². The summed E-state index contributed by atoms with van der Waals surface area (Å²) in [4.78, 5) is 11.0. The van der Waals surface area contributed by atoms with Crippen molar-refractivity contribution in [3.63, 3.8) is 0 Å². The average molecular weight is 161 g/mol. The summed E-state index contributed by atoms with van der Waals surface area (Å²) in [5.74, 6) is -0.429. The Morgan fingerprint density at radius 3 is 2.36 bits per heavy atom. The predicted molar refractivity (Wildman–Crippen MR) is 41.1 cm³/mol. The molecule has 0 aromatic heterocycles. The Morgan fingerprint density at radius 2 is 2.09 bits per heavy atom. The van der Waals surface area contributed by atoms with Crippen LogP contribution in [0.1, 0.15) is 13.3 Å². The van der Waals surface area contributed by atoms with Crippen LogP contribution >= 0.6 is 0 Å². The third-order valence-corrected chi connectivity index (χ3v) is 1.62. The molecule has 0 amide bonds. The Balaban J connectivity index is 4.19. The quantitative estimate of drug-likeness (QED) is 0.585. The van der Waals surface area contributed by atoms with Crippen molar-refractivity contribution in [3.05, 3.63) is 0 Å². The summed E-state index contributed by atoms with van der Waals surface area (Å²) in [5.41, 5.74) is 4.68. The topological polar surface area (TPSA) is 61.5 Å². The molecule has 66 valence electrons. The minimum absolute atomic E-state index is 0.191. The number of ether oxygens (including phenoxy) is 2. The summed E-state index contributed by atoms with van der Waals surface area (Å²) in [6.07, 6.45) is 0.507. The van der Waals surface area contributed by atoms with Crippen LogP contribution in [0.4, 0.5) is 0 Å². The summed E-state index contributed by atoms with van der Waals surface area (Å²) < 4.78 is 9.31. The summed E-state index contributed by atoms with van der Waals surface area (Å²) in [6.45, 7) is 2.01. The number of carbonyl (C=O) groups excluding carboxylic acids is 1. The lowest BCUT2D eigenvalue weighted by atomic mass is 9.99. The Kier molecular flexibility index (Phi) is 4.07. The van der Waals surface area contributed by atoms with Gasteiger partial charge in [-0.25, -0.2) is 4.79 Å². The number of esters is 1. The zero-order valence-electron chi connectivity index (χ0n) is 7.22. The molecule has 0 saturated carbocycles. The standard InChI is InChI=1S/C7H15NO3/c1-4-7(8,5-10-2)6(9)11-3/h4-5,8H2,1-3H3/t7-/m0/s1. The van der Waals surface area contributed by atoms with Crippen LogP contribution in [0.15, 0.2) is 0 Å². The van der Waals surface area contributed by atoms with Gasteiger partial charge < -0.3 is 15.2 Å². The number of hydrogen-bond acceptors (Lipinski definition) is 4. The molecule has 2 N–H and O–H groups in total. The van der Waals surface area contributed by atoms with Crippen molar-refractivity contribution in [2.75, 3.05) is 20.8 Å². The van der Waals surface area contributed by atoms with Crippen molar-refractivity contribution in [1.29, 1.82) is 0 Å². The van der Waals surface area contributed by atoms with Crippen molar-refractivity contribution >= 4 is 5.97 Å². The molecule has 0 radical (unpaired) electrons. The highest BCUT2D eigenvalue weighted by atomic mass is 16.5. The first-order valence-electron chi connectivity index (χ1n) is 3.47. The molecule has 0 saturated heterocycles. The second-order valence-electron chi connectivity index (χ2n) is 2.43. The maximum atomic E-state index is 11.0. The second-order valence-corrected chi connectivity index (χ2v) is 2.43. The molecule has 0 aromatic rings.